The minimum Gasteiger partial charge on any atom is -0.493 e. The van der Waals surface area contributed by atoms with Crippen molar-refractivity contribution in [1.29, 1.82) is 0 Å². The van der Waals surface area contributed by atoms with Crippen LogP contribution in [0.1, 0.15) is 27.2 Å². The van der Waals surface area contributed by atoms with E-state index in [1.165, 1.54) is 0 Å². The van der Waals surface area contributed by atoms with E-state index in [0.29, 0.717) is 24.8 Å². The molecule has 2 aromatic rings. The number of rotatable bonds is 5. The lowest BCUT2D eigenvalue weighted by Gasteiger charge is -2.32. The van der Waals surface area contributed by atoms with E-state index in [9.17, 15) is 4.79 Å². The monoisotopic (exact) mass is 407 g/mol. The van der Waals surface area contributed by atoms with Crippen LogP contribution in [0.15, 0.2) is 36.7 Å². The second kappa shape index (κ2) is 8.84. The molecule has 3 rings (SSSR count). The topological polar surface area (TPSA) is 74.6 Å². The van der Waals surface area contributed by atoms with Crippen molar-refractivity contribution >= 4 is 17.7 Å². The molecule has 8 heteroatoms. The van der Waals surface area contributed by atoms with Crippen molar-refractivity contribution in [2.75, 3.05) is 19.8 Å². The smallest absolute Gasteiger partial charge is 0.407 e. The quantitative estimate of drug-likeness (QED) is 0.815. The lowest BCUT2D eigenvalue weighted by atomic mass is 9.98. The van der Waals surface area contributed by atoms with Gasteiger partial charge in [-0.05, 0) is 51.5 Å². The molecule has 1 aromatic heterocycles. The van der Waals surface area contributed by atoms with Gasteiger partial charge < -0.3 is 19.5 Å². The van der Waals surface area contributed by atoms with Crippen LogP contribution >= 0.6 is 11.6 Å². The molecule has 0 aliphatic carbocycles. The normalized spacial score (nSPS) is 19.9. The average molecular weight is 408 g/mol. The molecule has 0 bridgehead atoms. The van der Waals surface area contributed by atoms with Crippen LogP contribution < -0.4 is 10.1 Å². The first-order valence-electron chi connectivity index (χ1n) is 9.30. The van der Waals surface area contributed by atoms with Gasteiger partial charge in [0.05, 0.1) is 30.1 Å². The summed E-state index contributed by atoms with van der Waals surface area (Å²) < 4.78 is 18.7. The van der Waals surface area contributed by atoms with Gasteiger partial charge >= 0.3 is 6.09 Å². The van der Waals surface area contributed by atoms with Crippen LogP contribution in [-0.2, 0) is 9.47 Å². The summed E-state index contributed by atoms with van der Waals surface area (Å²) in [4.78, 5) is 12.1. The first-order chi connectivity index (χ1) is 13.3. The summed E-state index contributed by atoms with van der Waals surface area (Å²) in [7, 11) is 0. The number of ether oxygens (including phenoxy) is 3. The fourth-order valence-corrected chi connectivity index (χ4v) is 3.03. The third-order valence-corrected chi connectivity index (χ3v) is 4.49. The van der Waals surface area contributed by atoms with Gasteiger partial charge in [-0.2, -0.15) is 5.10 Å². The van der Waals surface area contributed by atoms with E-state index >= 15 is 0 Å². The minimum atomic E-state index is -0.435. The van der Waals surface area contributed by atoms with Crippen LogP contribution in [0.4, 0.5) is 4.79 Å². The minimum absolute atomic E-state index is 0.0732. The molecule has 1 saturated heterocycles. The van der Waals surface area contributed by atoms with Crippen molar-refractivity contribution in [3.63, 3.8) is 0 Å². The summed E-state index contributed by atoms with van der Waals surface area (Å²) in [6.07, 6.45) is 3.34. The summed E-state index contributed by atoms with van der Waals surface area (Å²) in [5, 5.41) is 7.57. The lowest BCUT2D eigenvalue weighted by molar-refractivity contribution is -0.0628. The average Bonchev–Trinajstić information content (AvgIpc) is 3.06. The van der Waals surface area contributed by atoms with Gasteiger partial charge in [-0.15, -0.1) is 0 Å². The van der Waals surface area contributed by atoms with Gasteiger partial charge in [-0.1, -0.05) is 11.6 Å². The highest BCUT2D eigenvalue weighted by Gasteiger charge is 2.30. The fourth-order valence-electron chi connectivity index (χ4n) is 2.89. The maximum Gasteiger partial charge on any atom is 0.407 e. The predicted molar refractivity (Wildman–Crippen MR) is 106 cm³/mol. The third-order valence-electron chi connectivity index (χ3n) is 4.29. The lowest BCUT2D eigenvalue weighted by Crippen LogP contribution is -2.46. The van der Waals surface area contributed by atoms with E-state index in [4.69, 9.17) is 25.8 Å². The van der Waals surface area contributed by atoms with E-state index in [0.717, 1.165) is 17.9 Å². The highest BCUT2D eigenvalue weighted by Crippen LogP contribution is 2.22. The largest absolute Gasteiger partial charge is 0.493 e. The molecule has 0 radical (unpaired) electrons. The molecule has 2 atom stereocenters. The zero-order chi connectivity index (χ0) is 20.1. The fraction of sp³-hybridized carbons (Fsp3) is 0.500. The zero-order valence-electron chi connectivity index (χ0n) is 16.4. The Kier molecular flexibility index (Phi) is 6.46. The SMILES string of the molecule is CC(C)(C)NC(=O)O[C@H]1COCC[C@H]1COc1ccc(-n2cc(Cl)cn2)cc1. The number of aromatic nitrogens is 2. The number of nitrogens with zero attached hydrogens (tertiary/aromatic N) is 2. The second-order valence-corrected chi connectivity index (χ2v) is 8.29. The molecule has 1 N–H and O–H groups in total. The van der Waals surface area contributed by atoms with Crippen LogP contribution in [0, 0.1) is 5.92 Å². The standard InChI is InChI=1S/C20H26ClN3O4/c1-20(2,3)23-19(25)28-18-13-26-9-8-14(18)12-27-17-6-4-16(5-7-17)24-11-15(21)10-22-24/h4-7,10-11,14,18H,8-9,12-13H2,1-3H3,(H,23,25)/t14-,18-/m0/s1. The zero-order valence-corrected chi connectivity index (χ0v) is 17.1. The van der Waals surface area contributed by atoms with E-state index in [2.05, 4.69) is 10.4 Å². The van der Waals surface area contributed by atoms with E-state index in [-0.39, 0.29) is 17.6 Å². The molecule has 1 amide bonds. The molecule has 1 aromatic carbocycles. The number of carbonyl (C=O) groups is 1. The van der Waals surface area contributed by atoms with Crippen molar-refractivity contribution in [3.8, 4) is 11.4 Å². The second-order valence-electron chi connectivity index (χ2n) is 7.85. The Bertz CT molecular complexity index is 785. The molecule has 1 fully saturated rings. The van der Waals surface area contributed by atoms with Crippen molar-refractivity contribution < 1.29 is 19.0 Å². The molecule has 28 heavy (non-hydrogen) atoms. The van der Waals surface area contributed by atoms with Gasteiger partial charge in [0.1, 0.15) is 11.9 Å². The predicted octanol–water partition coefficient (Wildman–Crippen LogP) is 3.83. The number of alkyl carbamates (subject to hydrolysis) is 1. The van der Waals surface area contributed by atoms with Gasteiger partial charge in [0.2, 0.25) is 0 Å². The number of benzene rings is 1. The number of hydrogen-bond acceptors (Lipinski definition) is 5. The molecule has 2 heterocycles. The molecule has 0 saturated carbocycles. The summed E-state index contributed by atoms with van der Waals surface area (Å²) in [5.74, 6) is 0.815. The molecule has 152 valence electrons. The first-order valence-corrected chi connectivity index (χ1v) is 9.68. The van der Waals surface area contributed by atoms with Gasteiger partial charge in [0.25, 0.3) is 0 Å². The van der Waals surface area contributed by atoms with Crippen molar-refractivity contribution in [2.24, 2.45) is 5.92 Å². The highest BCUT2D eigenvalue weighted by atomic mass is 35.5. The van der Waals surface area contributed by atoms with Crippen LogP contribution in [0.25, 0.3) is 5.69 Å². The molecular formula is C20H26ClN3O4. The van der Waals surface area contributed by atoms with Gasteiger partial charge in [-0.3, -0.25) is 0 Å². The molecule has 0 spiro atoms. The first kappa shape index (κ1) is 20.5. The Labute approximate surface area is 169 Å². The van der Waals surface area contributed by atoms with E-state index < -0.39 is 6.09 Å². The molecular weight excluding hydrogens is 382 g/mol. The Morgan fingerprint density at radius 1 is 1.36 bits per heavy atom. The maximum absolute atomic E-state index is 12.1. The molecule has 7 nitrogen and oxygen atoms in total. The summed E-state index contributed by atoms with van der Waals surface area (Å²) in [6.45, 7) is 7.19. The van der Waals surface area contributed by atoms with E-state index in [1.54, 1.807) is 17.1 Å². The maximum atomic E-state index is 12.1. The Morgan fingerprint density at radius 2 is 2.11 bits per heavy atom. The molecule has 1 aliphatic rings. The summed E-state index contributed by atoms with van der Waals surface area (Å²) in [6, 6.07) is 7.58. The third kappa shape index (κ3) is 5.87. The van der Waals surface area contributed by atoms with Gasteiger partial charge in [0.15, 0.2) is 0 Å². The van der Waals surface area contributed by atoms with E-state index in [1.807, 2.05) is 45.0 Å². The Balaban J connectivity index is 1.55. The van der Waals surface area contributed by atoms with Crippen LogP contribution in [-0.4, -0.2) is 47.3 Å². The van der Waals surface area contributed by atoms with Crippen LogP contribution in [0.2, 0.25) is 5.02 Å². The van der Waals surface area contributed by atoms with Crippen molar-refractivity contribution in [2.45, 2.75) is 38.8 Å². The van der Waals surface area contributed by atoms with Crippen molar-refractivity contribution in [3.05, 3.63) is 41.7 Å². The molecule has 1 aliphatic heterocycles. The number of amides is 1. The van der Waals surface area contributed by atoms with Crippen molar-refractivity contribution in [1.82, 2.24) is 15.1 Å². The van der Waals surface area contributed by atoms with Crippen LogP contribution in [0.5, 0.6) is 5.75 Å². The highest BCUT2D eigenvalue weighted by molar-refractivity contribution is 6.30. The summed E-state index contributed by atoms with van der Waals surface area (Å²) in [5.41, 5.74) is 0.546. The number of hydrogen-bond donors (Lipinski definition) is 1. The number of carbonyl (C=O) groups excluding carboxylic acids is 1. The number of nitrogens with one attached hydrogen (secondary N) is 1. The Morgan fingerprint density at radius 3 is 2.75 bits per heavy atom. The molecule has 0 unspecified atom stereocenters. The Hall–Kier alpha value is -2.25. The number of halogens is 1. The van der Waals surface area contributed by atoms with Gasteiger partial charge in [-0.25, -0.2) is 9.48 Å². The van der Waals surface area contributed by atoms with Gasteiger partial charge in [0, 0.05) is 24.3 Å². The van der Waals surface area contributed by atoms with Crippen LogP contribution in [0.3, 0.4) is 0 Å². The summed E-state index contributed by atoms with van der Waals surface area (Å²) >= 11 is 5.90.